The van der Waals surface area contributed by atoms with Gasteiger partial charge in [-0.05, 0) is 66.1 Å². The second-order valence-electron chi connectivity index (χ2n) is 11.1. The predicted molar refractivity (Wildman–Crippen MR) is 177 cm³/mol. The Hall–Kier alpha value is -6.06. The molecule has 0 aliphatic carbocycles. The number of alkyl halides is 3. The zero-order valence-electron chi connectivity index (χ0n) is 26.6. The molecule has 0 atom stereocenters. The molecule has 254 valence electrons. The van der Waals surface area contributed by atoms with E-state index in [0.717, 1.165) is 11.4 Å². The lowest BCUT2D eigenvalue weighted by Gasteiger charge is -2.11. The van der Waals surface area contributed by atoms with Gasteiger partial charge < -0.3 is 31.0 Å². The minimum Gasteiger partial charge on any atom is -0.471 e. The average molecular weight is 675 g/mol. The molecule has 0 fully saturated rings. The zero-order chi connectivity index (χ0) is 35.0. The van der Waals surface area contributed by atoms with Crippen molar-refractivity contribution in [2.45, 2.75) is 32.2 Å². The monoisotopic (exact) mass is 674 g/mol. The Morgan fingerprint density at radius 3 is 2.14 bits per heavy atom. The van der Waals surface area contributed by atoms with Crippen LogP contribution in [0.25, 0.3) is 11.2 Å². The van der Waals surface area contributed by atoms with E-state index < -0.39 is 12.1 Å². The van der Waals surface area contributed by atoms with Gasteiger partial charge in [0, 0.05) is 44.9 Å². The van der Waals surface area contributed by atoms with Crippen molar-refractivity contribution >= 4 is 46.0 Å². The highest BCUT2D eigenvalue weighted by atomic mass is 19.4. The number of azo groups is 1. The van der Waals surface area contributed by atoms with Crippen LogP contribution in [0.4, 0.5) is 36.2 Å². The summed E-state index contributed by atoms with van der Waals surface area (Å²) in [6.07, 6.45) is -3.86. The van der Waals surface area contributed by atoms with Crippen LogP contribution in [-0.4, -0.2) is 58.6 Å². The van der Waals surface area contributed by atoms with E-state index in [0.29, 0.717) is 58.8 Å². The maximum Gasteiger partial charge on any atom is 0.471 e. The molecule has 2 aromatic heterocycles. The topological polar surface area (TPSA) is 176 Å². The number of aromatic nitrogens is 4. The first-order chi connectivity index (χ1) is 23.4. The Labute approximate surface area is 278 Å². The number of benzene rings is 3. The average Bonchev–Trinajstić information content (AvgIpc) is 3.50. The minimum absolute atomic E-state index is 0.0214. The van der Waals surface area contributed by atoms with Crippen molar-refractivity contribution in [2.75, 3.05) is 31.3 Å². The van der Waals surface area contributed by atoms with Gasteiger partial charge in [-0.3, -0.25) is 9.59 Å². The minimum atomic E-state index is -4.94. The van der Waals surface area contributed by atoms with Gasteiger partial charge in [-0.15, -0.1) is 0 Å². The number of H-pyrrole nitrogens is 1. The van der Waals surface area contributed by atoms with Gasteiger partial charge in [0.25, 0.3) is 5.91 Å². The maximum absolute atomic E-state index is 12.7. The van der Waals surface area contributed by atoms with E-state index in [1.807, 2.05) is 48.6 Å². The van der Waals surface area contributed by atoms with Gasteiger partial charge in [0.2, 0.25) is 11.8 Å². The summed E-state index contributed by atoms with van der Waals surface area (Å²) >= 11 is 0. The quantitative estimate of drug-likeness (QED) is 0.0930. The molecule has 5 N–H and O–H groups in total. The summed E-state index contributed by atoms with van der Waals surface area (Å²) in [7, 11) is 3.93. The van der Waals surface area contributed by atoms with Crippen LogP contribution in [0.5, 0.6) is 5.88 Å². The third kappa shape index (κ3) is 9.50. The summed E-state index contributed by atoms with van der Waals surface area (Å²) in [4.78, 5) is 41.7. The number of imidazole rings is 1. The Kier molecular flexibility index (Phi) is 10.7. The van der Waals surface area contributed by atoms with Crippen LogP contribution in [0.15, 0.2) is 83.0 Å². The van der Waals surface area contributed by atoms with Gasteiger partial charge in [0.05, 0.1) is 11.4 Å². The number of aromatic amines is 1. The number of hydrogen-bond acceptors (Lipinski definition) is 10. The molecular formula is C33H33F3N10O3. The summed E-state index contributed by atoms with van der Waals surface area (Å²) in [6.45, 7) is 0.202. The number of halogens is 3. The van der Waals surface area contributed by atoms with Crippen LogP contribution in [0, 0.1) is 0 Å². The fourth-order valence-corrected chi connectivity index (χ4v) is 4.52. The predicted octanol–water partition coefficient (Wildman–Crippen LogP) is 5.54. The molecule has 0 aliphatic heterocycles. The molecule has 0 radical (unpaired) electrons. The van der Waals surface area contributed by atoms with E-state index in [1.165, 1.54) is 0 Å². The molecule has 5 aromatic rings. The molecule has 0 bridgehead atoms. The largest absolute Gasteiger partial charge is 0.471 e. The number of aryl methyl sites for hydroxylation is 1. The van der Waals surface area contributed by atoms with Crippen molar-refractivity contribution in [3.05, 3.63) is 95.3 Å². The number of nitrogens with one attached hydrogen (secondary N) is 3. The van der Waals surface area contributed by atoms with Crippen molar-refractivity contribution in [3.63, 3.8) is 0 Å². The Bertz CT molecular complexity index is 1930. The second kappa shape index (κ2) is 15.2. The van der Waals surface area contributed by atoms with E-state index in [-0.39, 0.29) is 30.9 Å². The molecule has 16 heteroatoms. The van der Waals surface area contributed by atoms with Crippen LogP contribution >= 0.6 is 0 Å². The summed E-state index contributed by atoms with van der Waals surface area (Å²) in [5.41, 5.74) is 10.7. The van der Waals surface area contributed by atoms with Crippen LogP contribution in [-0.2, 0) is 24.4 Å². The lowest BCUT2D eigenvalue weighted by atomic mass is 10.1. The first kappa shape index (κ1) is 34.3. The van der Waals surface area contributed by atoms with E-state index in [2.05, 4.69) is 35.5 Å². The number of carbonyl (C=O) groups is 2. The molecule has 0 unspecified atom stereocenters. The number of ether oxygens (including phenoxy) is 1. The smallest absolute Gasteiger partial charge is 0.471 e. The molecule has 13 nitrogen and oxygen atoms in total. The lowest BCUT2D eigenvalue weighted by molar-refractivity contribution is -0.173. The number of fused-ring (bicyclic) bond motifs is 1. The second-order valence-corrected chi connectivity index (χ2v) is 11.1. The van der Waals surface area contributed by atoms with Crippen LogP contribution in [0.3, 0.4) is 0 Å². The van der Waals surface area contributed by atoms with Gasteiger partial charge in [0.15, 0.2) is 11.2 Å². The third-order valence-electron chi connectivity index (χ3n) is 7.14. The van der Waals surface area contributed by atoms with Crippen LogP contribution < -0.4 is 26.0 Å². The number of amides is 2. The van der Waals surface area contributed by atoms with Crippen LogP contribution in [0.1, 0.15) is 33.7 Å². The molecule has 49 heavy (non-hydrogen) atoms. The third-order valence-corrected chi connectivity index (χ3v) is 7.14. The SMILES string of the molecule is CN(C)c1ccc(/N=N/c2ccc(C(=O)NCCCc3nc4c(OCc5ccc(CNC(=O)C(F)(F)F)cc5)nc(N)nc4[nH]3)cc2)cc1. The van der Waals surface area contributed by atoms with Crippen molar-refractivity contribution in [1.29, 1.82) is 0 Å². The number of hydrogen-bond donors (Lipinski definition) is 4. The molecule has 0 saturated carbocycles. The Balaban J connectivity index is 1.09. The molecule has 0 spiro atoms. The highest BCUT2D eigenvalue weighted by molar-refractivity contribution is 5.94. The molecular weight excluding hydrogens is 641 g/mol. The fraction of sp³-hybridized carbons (Fsp3) is 0.242. The first-order valence-electron chi connectivity index (χ1n) is 15.1. The number of nitrogens with two attached hydrogens (primary N) is 1. The summed E-state index contributed by atoms with van der Waals surface area (Å²) in [5.74, 6) is -1.49. The van der Waals surface area contributed by atoms with Gasteiger partial charge in [-0.25, -0.2) is 4.98 Å². The van der Waals surface area contributed by atoms with Crippen molar-refractivity contribution < 1.29 is 27.5 Å². The molecule has 5 rings (SSSR count). The lowest BCUT2D eigenvalue weighted by Crippen LogP contribution is -2.36. The normalized spacial score (nSPS) is 11.5. The van der Waals surface area contributed by atoms with Gasteiger partial charge in [-0.2, -0.15) is 33.4 Å². The number of nitrogens with zero attached hydrogens (tertiary/aromatic N) is 6. The molecule has 2 heterocycles. The Morgan fingerprint density at radius 1 is 0.878 bits per heavy atom. The fourth-order valence-electron chi connectivity index (χ4n) is 4.52. The van der Waals surface area contributed by atoms with E-state index >= 15 is 0 Å². The van der Waals surface area contributed by atoms with Gasteiger partial charge in [0.1, 0.15) is 12.4 Å². The maximum atomic E-state index is 12.7. The number of nitrogen functional groups attached to an aromatic ring is 1. The van der Waals surface area contributed by atoms with Gasteiger partial charge >= 0.3 is 12.1 Å². The number of carbonyl (C=O) groups excluding carboxylic acids is 2. The van der Waals surface area contributed by atoms with Gasteiger partial charge in [-0.1, -0.05) is 24.3 Å². The molecule has 0 saturated heterocycles. The van der Waals surface area contributed by atoms with Crippen molar-refractivity contribution in [3.8, 4) is 5.88 Å². The first-order valence-corrected chi connectivity index (χ1v) is 15.1. The zero-order valence-corrected chi connectivity index (χ0v) is 26.6. The number of rotatable bonds is 13. The Morgan fingerprint density at radius 2 is 1.51 bits per heavy atom. The van der Waals surface area contributed by atoms with E-state index in [1.54, 1.807) is 48.5 Å². The van der Waals surface area contributed by atoms with Crippen molar-refractivity contribution in [2.24, 2.45) is 10.2 Å². The van der Waals surface area contributed by atoms with E-state index in [9.17, 15) is 22.8 Å². The number of anilines is 2. The standard InChI is InChI=1S/C33H33F3N10O3/c1-46(2)25-15-13-24(14-16-25)45-44-23-11-9-22(10-12-23)29(47)38-17-3-4-26-40-27-28(41-26)42-32(37)43-30(27)49-19-21-7-5-20(6-8-21)18-39-31(48)33(34,35)36/h5-16H,3-4,17-19H2,1-2H3,(H,38,47)(H,39,48)(H3,37,40,41,42,43)/b45-44+. The molecule has 3 aromatic carbocycles. The summed E-state index contributed by atoms with van der Waals surface area (Å²) in [6, 6.07) is 21.0. The summed E-state index contributed by atoms with van der Waals surface area (Å²) < 4.78 is 43.0. The highest BCUT2D eigenvalue weighted by Gasteiger charge is 2.38. The summed E-state index contributed by atoms with van der Waals surface area (Å²) in [5, 5.41) is 13.2. The molecule has 2 amide bonds. The van der Waals surface area contributed by atoms with Crippen molar-refractivity contribution in [1.82, 2.24) is 30.6 Å². The molecule has 0 aliphatic rings. The van der Waals surface area contributed by atoms with Crippen LogP contribution in [0.2, 0.25) is 0 Å². The highest BCUT2D eigenvalue weighted by Crippen LogP contribution is 2.24. The van der Waals surface area contributed by atoms with E-state index in [4.69, 9.17) is 10.5 Å².